The number of amides is 3. The number of likely N-dealkylation sites (tertiary alicyclic amines) is 1. The fourth-order valence-electron chi connectivity index (χ4n) is 5.28. The highest BCUT2D eigenvalue weighted by Gasteiger charge is 2.61. The molecule has 3 amide bonds. The molecule has 2 aromatic rings. The van der Waals surface area contributed by atoms with Crippen molar-refractivity contribution in [2.24, 2.45) is 23.7 Å². The summed E-state index contributed by atoms with van der Waals surface area (Å²) < 4.78 is 5.34. The number of hydrogen-bond donors (Lipinski definition) is 1. The number of aryl methyl sites for hydroxylation is 1. The van der Waals surface area contributed by atoms with Crippen molar-refractivity contribution >= 4 is 29.3 Å². The van der Waals surface area contributed by atoms with Gasteiger partial charge in [-0.15, -0.1) is 0 Å². The topological polar surface area (TPSA) is 123 Å². The quantitative estimate of drug-likeness (QED) is 0.321. The third kappa shape index (κ3) is 3.21. The first-order valence-electron chi connectivity index (χ1n) is 10.5. The monoisotopic (exact) mass is 435 g/mol. The number of nitro groups is 1. The van der Waals surface area contributed by atoms with Gasteiger partial charge in [0.2, 0.25) is 17.7 Å². The highest BCUT2D eigenvalue weighted by Crippen LogP contribution is 2.54. The molecule has 5 atom stereocenters. The van der Waals surface area contributed by atoms with Gasteiger partial charge in [-0.25, -0.2) is 0 Å². The maximum atomic E-state index is 13.3. The predicted octanol–water partition coefficient (Wildman–Crippen LogP) is 3.37. The van der Waals surface area contributed by atoms with Crippen LogP contribution in [0.2, 0.25) is 0 Å². The highest BCUT2D eigenvalue weighted by atomic mass is 16.6. The zero-order valence-electron chi connectivity index (χ0n) is 17.3. The molecule has 1 aromatic carbocycles. The lowest BCUT2D eigenvalue weighted by Gasteiger charge is -2.26. The van der Waals surface area contributed by atoms with Crippen LogP contribution in [0.3, 0.4) is 0 Å². The van der Waals surface area contributed by atoms with Crippen molar-refractivity contribution in [1.82, 2.24) is 4.90 Å². The third-order valence-electron chi connectivity index (χ3n) is 6.62. The van der Waals surface area contributed by atoms with E-state index in [0.717, 1.165) is 23.0 Å². The van der Waals surface area contributed by atoms with Crippen LogP contribution >= 0.6 is 0 Å². The van der Waals surface area contributed by atoms with Crippen molar-refractivity contribution < 1.29 is 23.7 Å². The number of rotatable bonds is 6. The number of carbonyl (C=O) groups is 3. The van der Waals surface area contributed by atoms with Crippen LogP contribution in [0.25, 0.3) is 0 Å². The average Bonchev–Trinajstić information content (AvgIpc) is 3.51. The molecule has 5 rings (SSSR count). The molecule has 1 aliphatic heterocycles. The van der Waals surface area contributed by atoms with Gasteiger partial charge in [-0.2, -0.15) is 0 Å². The van der Waals surface area contributed by atoms with E-state index >= 15 is 0 Å². The number of allylic oxidation sites excluding steroid dienone is 2. The number of benzene rings is 1. The molecule has 2 bridgehead atoms. The smallest absolute Gasteiger partial charge is 0.404 e. The molecule has 3 aliphatic rings. The van der Waals surface area contributed by atoms with Crippen LogP contribution in [0.15, 0.2) is 53.0 Å². The summed E-state index contributed by atoms with van der Waals surface area (Å²) in [7, 11) is 0. The number of fused-ring (bicyclic) bond motifs is 5. The molecule has 2 aliphatic carbocycles. The van der Waals surface area contributed by atoms with Gasteiger partial charge >= 0.3 is 5.88 Å². The fourth-order valence-corrected chi connectivity index (χ4v) is 5.28. The van der Waals surface area contributed by atoms with Crippen LogP contribution in [0.1, 0.15) is 30.2 Å². The summed E-state index contributed by atoms with van der Waals surface area (Å²) >= 11 is 0. The first-order chi connectivity index (χ1) is 15.3. The molecular formula is C23H21N3O6. The van der Waals surface area contributed by atoms with E-state index in [2.05, 4.69) is 5.32 Å². The minimum Gasteiger partial charge on any atom is -0.404 e. The van der Waals surface area contributed by atoms with Crippen LogP contribution in [0.5, 0.6) is 0 Å². The van der Waals surface area contributed by atoms with Crippen molar-refractivity contribution in [2.45, 2.75) is 25.8 Å². The Morgan fingerprint density at radius 3 is 2.47 bits per heavy atom. The van der Waals surface area contributed by atoms with Gasteiger partial charge in [0.25, 0.3) is 0 Å². The van der Waals surface area contributed by atoms with Crippen LogP contribution < -0.4 is 5.32 Å². The van der Waals surface area contributed by atoms with E-state index in [9.17, 15) is 24.5 Å². The lowest BCUT2D eigenvalue weighted by atomic mass is 9.85. The molecule has 1 aromatic heterocycles. The Kier molecular flexibility index (Phi) is 4.69. The Hall–Kier alpha value is -3.75. The molecule has 9 nitrogen and oxygen atoms in total. The second-order valence-electron chi connectivity index (χ2n) is 8.62. The summed E-state index contributed by atoms with van der Waals surface area (Å²) in [4.78, 5) is 51.0. The number of imide groups is 1. The number of carbonyl (C=O) groups excluding carboxylic acids is 3. The van der Waals surface area contributed by atoms with Gasteiger partial charge in [0.05, 0.1) is 24.3 Å². The van der Waals surface area contributed by atoms with E-state index in [0.29, 0.717) is 5.69 Å². The largest absolute Gasteiger partial charge is 0.433 e. The van der Waals surface area contributed by atoms with Crippen LogP contribution in [-0.4, -0.2) is 27.5 Å². The van der Waals surface area contributed by atoms with E-state index in [-0.39, 0.29) is 35.8 Å². The second kappa shape index (κ2) is 7.44. The van der Waals surface area contributed by atoms with Gasteiger partial charge in [-0.05, 0) is 48.9 Å². The Labute approximate surface area is 183 Å². The zero-order chi connectivity index (χ0) is 22.6. The maximum absolute atomic E-state index is 13.3. The lowest BCUT2D eigenvalue weighted by molar-refractivity contribution is -0.402. The van der Waals surface area contributed by atoms with E-state index in [1.54, 1.807) is 18.2 Å². The molecule has 1 saturated carbocycles. The van der Waals surface area contributed by atoms with E-state index in [1.165, 1.54) is 6.07 Å². The molecule has 5 unspecified atom stereocenters. The third-order valence-corrected chi connectivity index (χ3v) is 6.62. The minimum absolute atomic E-state index is 0.0131. The number of nitrogens with one attached hydrogen (secondary N) is 1. The summed E-state index contributed by atoms with van der Waals surface area (Å²) in [6.45, 7) is 1.89. The molecular weight excluding hydrogens is 414 g/mol. The molecule has 164 valence electrons. The minimum atomic E-state index is -1.06. The van der Waals surface area contributed by atoms with E-state index in [1.807, 2.05) is 25.1 Å². The van der Waals surface area contributed by atoms with Gasteiger partial charge in [0.1, 0.15) is 16.7 Å². The van der Waals surface area contributed by atoms with Crippen molar-refractivity contribution in [3.05, 3.63) is 70.0 Å². The molecule has 9 heteroatoms. The fraction of sp³-hybridized carbons (Fsp3) is 0.348. The molecule has 0 spiro atoms. The SMILES string of the molecule is Cc1cccc(NC(=O)CC(c2ccc([N+](=O)[O-])o2)N2C(=O)C3C4C=CC(C4)C3C2=O)c1. The normalized spacial score (nSPS) is 26.5. The zero-order valence-corrected chi connectivity index (χ0v) is 17.3. The number of furan rings is 1. The maximum Gasteiger partial charge on any atom is 0.433 e. The van der Waals surface area contributed by atoms with E-state index in [4.69, 9.17) is 4.42 Å². The number of hydrogen-bond acceptors (Lipinski definition) is 6. The Morgan fingerprint density at radius 1 is 1.19 bits per heavy atom. The van der Waals surface area contributed by atoms with Crippen LogP contribution in [0, 0.1) is 40.7 Å². The van der Waals surface area contributed by atoms with Crippen molar-refractivity contribution in [1.29, 1.82) is 0 Å². The molecule has 1 N–H and O–H groups in total. The van der Waals surface area contributed by atoms with Gasteiger partial charge in [0.15, 0.2) is 0 Å². The Morgan fingerprint density at radius 2 is 1.88 bits per heavy atom. The van der Waals surface area contributed by atoms with Gasteiger partial charge in [-0.1, -0.05) is 24.3 Å². The van der Waals surface area contributed by atoms with Crippen LogP contribution in [0.4, 0.5) is 11.6 Å². The van der Waals surface area contributed by atoms with Gasteiger partial charge in [0, 0.05) is 5.69 Å². The number of nitrogens with zero attached hydrogens (tertiary/aromatic N) is 2. The summed E-state index contributed by atoms with van der Waals surface area (Å²) in [5.74, 6) is -2.44. The van der Waals surface area contributed by atoms with Gasteiger partial charge < -0.3 is 9.73 Å². The Balaban J connectivity index is 1.45. The molecule has 0 radical (unpaired) electrons. The van der Waals surface area contributed by atoms with Crippen molar-refractivity contribution in [2.75, 3.05) is 5.32 Å². The van der Waals surface area contributed by atoms with Crippen molar-refractivity contribution in [3.8, 4) is 0 Å². The molecule has 32 heavy (non-hydrogen) atoms. The standard InChI is InChI=1S/C23H21N3O6/c1-12-3-2-4-15(9-12)24-18(27)11-16(17-7-8-19(32-17)26(30)31)25-22(28)20-13-5-6-14(10-13)21(20)23(25)29/h2-9,13-14,16,20-21H,10-11H2,1H3,(H,24,27). The number of anilines is 1. The average molecular weight is 435 g/mol. The molecule has 2 fully saturated rings. The first kappa shape index (κ1) is 20.2. The summed E-state index contributed by atoms with van der Waals surface area (Å²) in [6.07, 6.45) is 4.49. The van der Waals surface area contributed by atoms with E-state index < -0.39 is 34.6 Å². The predicted molar refractivity (Wildman–Crippen MR) is 112 cm³/mol. The summed E-state index contributed by atoms with van der Waals surface area (Å²) in [6, 6.07) is 8.68. The van der Waals surface area contributed by atoms with Crippen molar-refractivity contribution in [3.63, 3.8) is 0 Å². The first-order valence-corrected chi connectivity index (χ1v) is 10.5. The lowest BCUT2D eigenvalue weighted by Crippen LogP contribution is -2.38. The Bertz CT molecular complexity index is 1140. The molecule has 2 heterocycles. The second-order valence-corrected chi connectivity index (χ2v) is 8.62. The highest BCUT2D eigenvalue weighted by molar-refractivity contribution is 6.07. The van der Waals surface area contributed by atoms with Crippen LogP contribution in [-0.2, 0) is 14.4 Å². The summed E-state index contributed by atoms with van der Waals surface area (Å²) in [5.41, 5.74) is 1.54. The summed E-state index contributed by atoms with van der Waals surface area (Å²) in [5, 5.41) is 13.9. The van der Waals surface area contributed by atoms with Gasteiger partial charge in [-0.3, -0.25) is 29.4 Å². The molecule has 1 saturated heterocycles.